The molecule has 6 heteroatoms. The van der Waals surface area contributed by atoms with E-state index in [9.17, 15) is 9.59 Å². The van der Waals surface area contributed by atoms with Crippen LogP contribution >= 0.6 is 11.6 Å². The van der Waals surface area contributed by atoms with Crippen molar-refractivity contribution in [3.8, 4) is 0 Å². The van der Waals surface area contributed by atoms with E-state index in [0.717, 1.165) is 38.5 Å². The van der Waals surface area contributed by atoms with Crippen LogP contribution in [0.2, 0.25) is 5.02 Å². The van der Waals surface area contributed by atoms with Gasteiger partial charge in [0.1, 0.15) is 6.04 Å². The van der Waals surface area contributed by atoms with Gasteiger partial charge in [-0.3, -0.25) is 9.59 Å². The average Bonchev–Trinajstić information content (AvgIpc) is 3.07. The van der Waals surface area contributed by atoms with Crippen LogP contribution in [0.4, 0.5) is 0 Å². The Morgan fingerprint density at radius 2 is 1.81 bits per heavy atom. The predicted octanol–water partition coefficient (Wildman–Crippen LogP) is 3.06. The molecule has 3 aliphatic rings. The lowest BCUT2D eigenvalue weighted by atomic mass is 9.84. The van der Waals surface area contributed by atoms with E-state index in [4.69, 9.17) is 17.3 Å². The molecular weight excluding hydrogens is 362 g/mol. The largest absolute Gasteiger partial charge is 0.341 e. The van der Waals surface area contributed by atoms with Crippen molar-refractivity contribution < 1.29 is 9.59 Å². The summed E-state index contributed by atoms with van der Waals surface area (Å²) >= 11 is 6.11. The highest BCUT2D eigenvalue weighted by atomic mass is 35.5. The molecule has 3 atom stereocenters. The van der Waals surface area contributed by atoms with E-state index in [1.165, 1.54) is 6.42 Å². The Balaban J connectivity index is 1.60. The van der Waals surface area contributed by atoms with E-state index < -0.39 is 0 Å². The number of likely N-dealkylation sites (tertiary alicyclic amines) is 2. The van der Waals surface area contributed by atoms with Gasteiger partial charge < -0.3 is 15.5 Å². The molecule has 1 aliphatic carbocycles. The normalized spacial score (nSPS) is 28.9. The maximum absolute atomic E-state index is 13.4. The molecule has 27 heavy (non-hydrogen) atoms. The van der Waals surface area contributed by atoms with Crippen molar-refractivity contribution in [2.24, 2.45) is 11.7 Å². The van der Waals surface area contributed by atoms with Crippen molar-refractivity contribution >= 4 is 23.4 Å². The Morgan fingerprint density at radius 1 is 1.07 bits per heavy atom. The standard InChI is InChI=1S/C21H28ClN3O2/c22-16-6-3-5-15(12-16)20(26)25-18-7-2-1-4-14(18)13-19(25)21(27)24-10-8-17(23)9-11-24/h3,5-6,12,14,17-19H,1-2,4,7-11,13,23H2. The van der Waals surface area contributed by atoms with Crippen LogP contribution in [0.1, 0.15) is 55.3 Å². The Morgan fingerprint density at radius 3 is 2.56 bits per heavy atom. The van der Waals surface area contributed by atoms with Gasteiger partial charge in [0.25, 0.3) is 5.91 Å². The highest BCUT2D eigenvalue weighted by molar-refractivity contribution is 6.31. The molecule has 0 aromatic heterocycles. The van der Waals surface area contributed by atoms with Gasteiger partial charge in [0.05, 0.1) is 0 Å². The molecule has 4 rings (SSSR count). The fraction of sp³-hybridized carbons (Fsp3) is 0.619. The van der Waals surface area contributed by atoms with Crippen LogP contribution in [0.15, 0.2) is 24.3 Å². The molecule has 0 spiro atoms. The van der Waals surface area contributed by atoms with Gasteiger partial charge in [0.15, 0.2) is 0 Å². The van der Waals surface area contributed by atoms with Crippen LogP contribution in [-0.2, 0) is 4.79 Å². The molecule has 3 fully saturated rings. The fourth-order valence-corrected chi connectivity index (χ4v) is 5.26. The zero-order valence-corrected chi connectivity index (χ0v) is 16.4. The second-order valence-electron chi connectivity index (χ2n) is 8.25. The van der Waals surface area contributed by atoms with Gasteiger partial charge in [0.2, 0.25) is 5.91 Å². The predicted molar refractivity (Wildman–Crippen MR) is 106 cm³/mol. The van der Waals surface area contributed by atoms with Crippen molar-refractivity contribution in [1.29, 1.82) is 0 Å². The molecule has 2 saturated heterocycles. The van der Waals surface area contributed by atoms with Gasteiger partial charge in [-0.2, -0.15) is 0 Å². The van der Waals surface area contributed by atoms with Gasteiger partial charge >= 0.3 is 0 Å². The quantitative estimate of drug-likeness (QED) is 0.845. The molecule has 2 aliphatic heterocycles. The smallest absolute Gasteiger partial charge is 0.254 e. The fourth-order valence-electron chi connectivity index (χ4n) is 5.07. The molecule has 1 aromatic rings. The average molecular weight is 390 g/mol. The van der Waals surface area contributed by atoms with Crippen molar-refractivity contribution in [3.05, 3.63) is 34.9 Å². The zero-order chi connectivity index (χ0) is 19.0. The summed E-state index contributed by atoms with van der Waals surface area (Å²) in [6.07, 6.45) is 6.89. The number of fused-ring (bicyclic) bond motifs is 1. The van der Waals surface area contributed by atoms with Gasteiger partial charge in [-0.1, -0.05) is 30.5 Å². The van der Waals surface area contributed by atoms with Crippen LogP contribution in [0.3, 0.4) is 0 Å². The van der Waals surface area contributed by atoms with E-state index in [1.807, 2.05) is 9.80 Å². The maximum Gasteiger partial charge on any atom is 0.254 e. The number of benzene rings is 1. The van der Waals surface area contributed by atoms with Gasteiger partial charge in [-0.05, 0) is 56.2 Å². The minimum absolute atomic E-state index is 0.0565. The SMILES string of the molecule is NC1CCN(C(=O)C2CC3CCCCC3N2C(=O)c2cccc(Cl)c2)CC1. The van der Waals surface area contributed by atoms with Crippen molar-refractivity contribution in [3.63, 3.8) is 0 Å². The lowest BCUT2D eigenvalue weighted by Crippen LogP contribution is -2.53. The summed E-state index contributed by atoms with van der Waals surface area (Å²) in [6.45, 7) is 1.40. The van der Waals surface area contributed by atoms with E-state index in [2.05, 4.69) is 0 Å². The number of piperidine rings is 1. The number of hydrogen-bond acceptors (Lipinski definition) is 3. The first-order chi connectivity index (χ1) is 13.0. The highest BCUT2D eigenvalue weighted by Gasteiger charge is 2.48. The van der Waals surface area contributed by atoms with Gasteiger partial charge in [-0.15, -0.1) is 0 Å². The maximum atomic E-state index is 13.4. The molecule has 2 N–H and O–H groups in total. The van der Waals surface area contributed by atoms with Gasteiger partial charge in [-0.25, -0.2) is 0 Å². The summed E-state index contributed by atoms with van der Waals surface area (Å²) in [6, 6.07) is 7.08. The van der Waals surface area contributed by atoms with Crippen LogP contribution in [0.25, 0.3) is 0 Å². The minimum Gasteiger partial charge on any atom is -0.341 e. The molecule has 0 bridgehead atoms. The Labute approximate surface area is 165 Å². The zero-order valence-electron chi connectivity index (χ0n) is 15.6. The Bertz CT molecular complexity index is 717. The lowest BCUT2D eigenvalue weighted by Gasteiger charge is -2.37. The number of carbonyl (C=O) groups is 2. The lowest BCUT2D eigenvalue weighted by molar-refractivity contribution is -0.136. The second kappa shape index (κ2) is 7.80. The summed E-state index contributed by atoms with van der Waals surface area (Å²) in [5, 5.41) is 0.549. The first-order valence-electron chi connectivity index (χ1n) is 10.2. The number of nitrogens with two attached hydrogens (primary N) is 1. The molecule has 3 unspecified atom stereocenters. The van der Waals surface area contributed by atoms with Crippen LogP contribution in [0.5, 0.6) is 0 Å². The van der Waals surface area contributed by atoms with E-state index in [-0.39, 0.29) is 29.9 Å². The topological polar surface area (TPSA) is 66.6 Å². The van der Waals surface area contributed by atoms with Gasteiger partial charge in [0, 0.05) is 35.8 Å². The van der Waals surface area contributed by atoms with Crippen LogP contribution < -0.4 is 5.73 Å². The third-order valence-corrected chi connectivity index (χ3v) is 6.77. The number of rotatable bonds is 2. The molecule has 2 heterocycles. The Hall–Kier alpha value is -1.59. The number of carbonyl (C=O) groups excluding carboxylic acids is 2. The first-order valence-corrected chi connectivity index (χ1v) is 10.5. The molecule has 0 radical (unpaired) electrons. The van der Waals surface area contributed by atoms with E-state index in [1.54, 1.807) is 24.3 Å². The van der Waals surface area contributed by atoms with Crippen molar-refractivity contribution in [1.82, 2.24) is 9.80 Å². The summed E-state index contributed by atoms with van der Waals surface area (Å²) in [7, 11) is 0. The molecule has 2 amide bonds. The highest BCUT2D eigenvalue weighted by Crippen LogP contribution is 2.41. The van der Waals surface area contributed by atoms with Crippen molar-refractivity contribution in [2.75, 3.05) is 13.1 Å². The molecule has 1 aromatic carbocycles. The summed E-state index contributed by atoms with van der Waals surface area (Å²) < 4.78 is 0. The minimum atomic E-state index is -0.348. The van der Waals surface area contributed by atoms with E-state index >= 15 is 0 Å². The second-order valence-corrected chi connectivity index (χ2v) is 8.69. The summed E-state index contributed by atoms with van der Waals surface area (Å²) in [5.74, 6) is 0.480. The molecule has 146 valence electrons. The number of nitrogens with zero attached hydrogens (tertiary/aromatic N) is 2. The Kier molecular flexibility index (Phi) is 5.42. The summed E-state index contributed by atoms with van der Waals surface area (Å²) in [5.41, 5.74) is 6.57. The molecule has 1 saturated carbocycles. The van der Waals surface area contributed by atoms with Crippen LogP contribution in [-0.4, -0.2) is 52.8 Å². The molecular formula is C21H28ClN3O2. The number of amides is 2. The van der Waals surface area contributed by atoms with E-state index in [0.29, 0.717) is 29.6 Å². The monoisotopic (exact) mass is 389 g/mol. The number of hydrogen-bond donors (Lipinski definition) is 1. The third kappa shape index (κ3) is 3.72. The summed E-state index contributed by atoms with van der Waals surface area (Å²) in [4.78, 5) is 30.5. The number of halogens is 1. The molecule has 5 nitrogen and oxygen atoms in total. The third-order valence-electron chi connectivity index (χ3n) is 6.53. The first kappa shape index (κ1) is 18.8. The van der Waals surface area contributed by atoms with Crippen molar-refractivity contribution in [2.45, 2.75) is 63.1 Å². The van der Waals surface area contributed by atoms with Crippen LogP contribution in [0, 0.1) is 5.92 Å².